The lowest BCUT2D eigenvalue weighted by atomic mass is 10.0. The van der Waals surface area contributed by atoms with Crippen LogP contribution in [0.3, 0.4) is 0 Å². The molecule has 0 radical (unpaired) electrons. The van der Waals surface area contributed by atoms with Crippen LogP contribution in [0.25, 0.3) is 0 Å². The molecular formula is C24H26F2N4O2. The molecule has 0 aromatic heterocycles. The first kappa shape index (κ1) is 23.2. The van der Waals surface area contributed by atoms with Gasteiger partial charge in [-0.2, -0.15) is 5.26 Å². The molecule has 0 spiro atoms. The van der Waals surface area contributed by atoms with E-state index in [0.717, 1.165) is 30.8 Å². The average molecular weight is 440 g/mol. The van der Waals surface area contributed by atoms with Crippen LogP contribution >= 0.6 is 0 Å². The van der Waals surface area contributed by atoms with Gasteiger partial charge in [-0.05, 0) is 48.7 Å². The molecule has 0 aliphatic carbocycles. The van der Waals surface area contributed by atoms with Crippen molar-refractivity contribution in [1.82, 2.24) is 10.2 Å². The third kappa shape index (κ3) is 5.22. The smallest absolute Gasteiger partial charge is 0.257 e. The summed E-state index contributed by atoms with van der Waals surface area (Å²) in [6.07, 6.45) is 0.729. The molecule has 1 fully saturated rings. The highest BCUT2D eigenvalue weighted by Crippen LogP contribution is 2.19. The number of halogens is 2. The number of carbonyl (C=O) groups is 2. The van der Waals surface area contributed by atoms with Crippen molar-refractivity contribution < 1.29 is 18.4 Å². The van der Waals surface area contributed by atoms with Crippen LogP contribution in [0.4, 0.5) is 14.5 Å². The average Bonchev–Trinajstić information content (AvgIpc) is 3.03. The molecule has 2 amide bonds. The minimum absolute atomic E-state index is 0.265. The lowest BCUT2D eigenvalue weighted by Crippen LogP contribution is -2.52. The maximum atomic E-state index is 14.0. The third-order valence-corrected chi connectivity index (χ3v) is 5.58. The lowest BCUT2D eigenvalue weighted by molar-refractivity contribution is -0.134. The Kier molecular flexibility index (Phi) is 7.41. The highest BCUT2D eigenvalue weighted by molar-refractivity contribution is 5.98. The first-order valence-corrected chi connectivity index (χ1v) is 10.6. The van der Waals surface area contributed by atoms with Gasteiger partial charge < -0.3 is 15.1 Å². The van der Waals surface area contributed by atoms with E-state index in [0.29, 0.717) is 25.2 Å². The number of rotatable bonds is 5. The second-order valence-electron chi connectivity index (χ2n) is 8.12. The number of hydrogen-bond donors (Lipinski definition) is 1. The number of amides is 2. The van der Waals surface area contributed by atoms with Crippen molar-refractivity contribution in [2.45, 2.75) is 26.3 Å². The van der Waals surface area contributed by atoms with Gasteiger partial charge in [0.05, 0.1) is 11.6 Å². The van der Waals surface area contributed by atoms with Crippen LogP contribution in [0.1, 0.15) is 36.2 Å². The third-order valence-electron chi connectivity index (χ3n) is 5.58. The topological polar surface area (TPSA) is 76.4 Å². The fraction of sp³-hybridized carbons (Fsp3) is 0.375. The van der Waals surface area contributed by atoms with Gasteiger partial charge in [-0.1, -0.05) is 19.9 Å². The summed E-state index contributed by atoms with van der Waals surface area (Å²) in [6.45, 7) is 5.86. The van der Waals surface area contributed by atoms with Crippen molar-refractivity contribution >= 4 is 17.5 Å². The van der Waals surface area contributed by atoms with E-state index in [4.69, 9.17) is 5.26 Å². The Hall–Kier alpha value is -3.47. The van der Waals surface area contributed by atoms with Gasteiger partial charge in [-0.3, -0.25) is 9.59 Å². The molecule has 168 valence electrons. The molecule has 2 aromatic carbocycles. The largest absolute Gasteiger partial charge is 0.370 e. The lowest BCUT2D eigenvalue weighted by Gasteiger charge is -2.29. The Balaban J connectivity index is 1.69. The molecule has 6 nitrogen and oxygen atoms in total. The second kappa shape index (κ2) is 10.2. The molecule has 1 unspecified atom stereocenters. The van der Waals surface area contributed by atoms with Crippen LogP contribution in [-0.4, -0.2) is 48.9 Å². The number of benzene rings is 2. The van der Waals surface area contributed by atoms with Crippen LogP contribution < -0.4 is 10.2 Å². The molecule has 1 heterocycles. The minimum Gasteiger partial charge on any atom is -0.370 e. The van der Waals surface area contributed by atoms with Crippen molar-refractivity contribution in [2.24, 2.45) is 5.92 Å². The molecule has 3 rings (SSSR count). The number of hydrogen-bond acceptors (Lipinski definition) is 4. The van der Waals surface area contributed by atoms with Crippen LogP contribution in [0.15, 0.2) is 42.5 Å². The van der Waals surface area contributed by atoms with Crippen molar-refractivity contribution in [3.63, 3.8) is 0 Å². The molecule has 8 heteroatoms. The van der Waals surface area contributed by atoms with E-state index in [1.54, 1.807) is 30.9 Å². The molecule has 0 saturated carbocycles. The maximum Gasteiger partial charge on any atom is 0.257 e. The zero-order valence-electron chi connectivity index (χ0n) is 18.1. The second-order valence-corrected chi connectivity index (χ2v) is 8.12. The van der Waals surface area contributed by atoms with Gasteiger partial charge in [-0.25, -0.2) is 8.78 Å². The van der Waals surface area contributed by atoms with Crippen molar-refractivity contribution in [3.05, 3.63) is 65.2 Å². The van der Waals surface area contributed by atoms with Crippen LogP contribution in [0.5, 0.6) is 0 Å². The van der Waals surface area contributed by atoms with E-state index in [1.807, 2.05) is 12.1 Å². The molecule has 2 aromatic rings. The molecule has 1 saturated heterocycles. The Morgan fingerprint density at radius 2 is 1.66 bits per heavy atom. The Labute approximate surface area is 186 Å². The van der Waals surface area contributed by atoms with E-state index in [9.17, 15) is 18.4 Å². The maximum absolute atomic E-state index is 14.0. The minimum atomic E-state index is -0.967. The summed E-state index contributed by atoms with van der Waals surface area (Å²) in [5.41, 5.74) is 0.873. The first-order chi connectivity index (χ1) is 15.3. The highest BCUT2D eigenvalue weighted by atomic mass is 19.1. The highest BCUT2D eigenvalue weighted by Gasteiger charge is 2.31. The number of nitriles is 1. The monoisotopic (exact) mass is 440 g/mol. The van der Waals surface area contributed by atoms with E-state index in [2.05, 4.69) is 16.3 Å². The van der Waals surface area contributed by atoms with E-state index >= 15 is 0 Å². The van der Waals surface area contributed by atoms with E-state index in [-0.39, 0.29) is 11.8 Å². The summed E-state index contributed by atoms with van der Waals surface area (Å²) < 4.78 is 28.0. The standard InChI is InChI=1S/C24H26F2N4O2/c1-16(2)22(28-23(31)21-19(25)5-3-6-20(21)26)24(32)30-12-4-11-29(13-14-30)18-9-7-17(15-27)8-10-18/h3,5-10,16,22H,4,11-14H2,1-2H3,(H,28,31). The zero-order valence-corrected chi connectivity index (χ0v) is 18.1. The van der Waals surface area contributed by atoms with E-state index < -0.39 is 29.1 Å². The van der Waals surface area contributed by atoms with Crippen LogP contribution in [0, 0.1) is 28.9 Å². The van der Waals surface area contributed by atoms with Gasteiger partial charge in [0, 0.05) is 31.9 Å². The summed E-state index contributed by atoms with van der Waals surface area (Å²) in [5, 5.41) is 11.5. The summed E-state index contributed by atoms with van der Waals surface area (Å²) in [4.78, 5) is 29.6. The Morgan fingerprint density at radius 3 is 2.25 bits per heavy atom. The van der Waals surface area contributed by atoms with Gasteiger partial charge in [-0.15, -0.1) is 0 Å². The van der Waals surface area contributed by atoms with Crippen molar-refractivity contribution in [2.75, 3.05) is 31.1 Å². The quantitative estimate of drug-likeness (QED) is 0.774. The van der Waals surface area contributed by atoms with Crippen LogP contribution in [-0.2, 0) is 4.79 Å². The summed E-state index contributed by atoms with van der Waals surface area (Å²) in [6, 6.07) is 11.7. The van der Waals surface area contributed by atoms with Gasteiger partial charge in [0.1, 0.15) is 23.2 Å². The molecular weight excluding hydrogens is 414 g/mol. The van der Waals surface area contributed by atoms with Gasteiger partial charge >= 0.3 is 0 Å². The van der Waals surface area contributed by atoms with E-state index in [1.165, 1.54) is 6.07 Å². The summed E-state index contributed by atoms with van der Waals surface area (Å²) in [7, 11) is 0. The van der Waals surface area contributed by atoms with Gasteiger partial charge in [0.25, 0.3) is 5.91 Å². The van der Waals surface area contributed by atoms with Gasteiger partial charge in [0.15, 0.2) is 0 Å². The predicted molar refractivity (Wildman–Crippen MR) is 117 cm³/mol. The van der Waals surface area contributed by atoms with Gasteiger partial charge in [0.2, 0.25) is 5.91 Å². The molecule has 32 heavy (non-hydrogen) atoms. The summed E-state index contributed by atoms with van der Waals surface area (Å²) >= 11 is 0. The first-order valence-electron chi connectivity index (χ1n) is 10.6. The Morgan fingerprint density at radius 1 is 1.00 bits per heavy atom. The summed E-state index contributed by atoms with van der Waals surface area (Å²) in [5.74, 6) is -3.41. The predicted octanol–water partition coefficient (Wildman–Crippen LogP) is 3.33. The van der Waals surface area contributed by atoms with Crippen LogP contribution in [0.2, 0.25) is 0 Å². The normalized spacial score (nSPS) is 15.1. The molecule has 1 atom stereocenters. The number of carbonyl (C=O) groups excluding carboxylic acids is 2. The van der Waals surface area contributed by atoms with Crippen molar-refractivity contribution in [1.29, 1.82) is 5.26 Å². The SMILES string of the molecule is CC(C)C(NC(=O)c1c(F)cccc1F)C(=O)N1CCCN(c2ccc(C#N)cc2)CC1. The molecule has 0 bridgehead atoms. The zero-order chi connectivity index (χ0) is 23.3. The number of anilines is 1. The molecule has 1 aliphatic rings. The number of nitrogens with one attached hydrogen (secondary N) is 1. The fourth-order valence-corrected chi connectivity index (χ4v) is 3.78. The fourth-order valence-electron chi connectivity index (χ4n) is 3.78. The van der Waals surface area contributed by atoms with Crippen molar-refractivity contribution in [3.8, 4) is 6.07 Å². The molecule has 1 N–H and O–H groups in total. The Bertz CT molecular complexity index is 997. The number of nitrogens with zero attached hydrogens (tertiary/aromatic N) is 3. The molecule has 1 aliphatic heterocycles.